The summed E-state index contributed by atoms with van der Waals surface area (Å²) in [5, 5.41) is 0.751. The zero-order chi connectivity index (χ0) is 16.6. The van der Waals surface area contributed by atoms with E-state index in [-0.39, 0.29) is 5.91 Å². The third kappa shape index (κ3) is 3.22. The van der Waals surface area contributed by atoms with Crippen molar-refractivity contribution in [2.75, 3.05) is 12.3 Å². The van der Waals surface area contributed by atoms with Gasteiger partial charge in [0.05, 0.1) is 9.88 Å². The van der Waals surface area contributed by atoms with Gasteiger partial charge in [-0.25, -0.2) is 4.98 Å². The van der Waals surface area contributed by atoms with Crippen LogP contribution in [0.5, 0.6) is 0 Å². The maximum Gasteiger partial charge on any atom is 0.275 e. The molecule has 1 aromatic carbocycles. The van der Waals surface area contributed by atoms with E-state index in [9.17, 15) is 9.59 Å². The topological polar surface area (TPSA) is 76.3 Å². The number of thioether (sulfide) groups is 1. The summed E-state index contributed by atoms with van der Waals surface area (Å²) in [6, 6.07) is 7.30. The van der Waals surface area contributed by atoms with E-state index in [1.54, 1.807) is 12.1 Å². The highest BCUT2D eigenvalue weighted by molar-refractivity contribution is 8.00. The number of nitrogens with two attached hydrogens (primary N) is 1. The second-order valence-corrected chi connectivity index (χ2v) is 7.87. The van der Waals surface area contributed by atoms with Crippen LogP contribution in [0.3, 0.4) is 0 Å². The summed E-state index contributed by atoms with van der Waals surface area (Å²) in [5.74, 6) is -0.0789. The largest absolute Gasteiger partial charge is 0.367 e. The second kappa shape index (κ2) is 6.51. The van der Waals surface area contributed by atoms with Gasteiger partial charge in [0.15, 0.2) is 5.37 Å². The Morgan fingerprint density at radius 2 is 2.22 bits per heavy atom. The first-order chi connectivity index (χ1) is 11.0. The predicted molar refractivity (Wildman–Crippen MR) is 93.8 cm³/mol. The minimum atomic E-state index is -0.628. The highest BCUT2D eigenvalue weighted by atomic mass is 35.5. The maximum atomic E-state index is 12.9. The number of carbonyl (C=O) groups excluding carboxylic acids is 2. The van der Waals surface area contributed by atoms with Gasteiger partial charge in [-0.3, -0.25) is 9.59 Å². The number of thiazole rings is 1. The van der Waals surface area contributed by atoms with E-state index in [2.05, 4.69) is 4.98 Å². The summed E-state index contributed by atoms with van der Waals surface area (Å²) in [4.78, 5) is 31.0. The summed E-state index contributed by atoms with van der Waals surface area (Å²) >= 11 is 8.86. The van der Waals surface area contributed by atoms with E-state index < -0.39 is 11.3 Å². The molecule has 1 atom stereocenters. The molecule has 2 N–H and O–H groups in total. The molecule has 1 unspecified atom stereocenters. The number of rotatable bonds is 3. The van der Waals surface area contributed by atoms with Crippen molar-refractivity contribution in [3.63, 3.8) is 0 Å². The molecule has 0 spiro atoms. The summed E-state index contributed by atoms with van der Waals surface area (Å²) in [6.07, 6.45) is 0. The van der Waals surface area contributed by atoms with Crippen molar-refractivity contribution in [1.29, 1.82) is 0 Å². The minimum absolute atomic E-state index is 0.266. The lowest BCUT2D eigenvalue weighted by Gasteiger charge is -2.20. The van der Waals surface area contributed by atoms with Gasteiger partial charge < -0.3 is 10.6 Å². The van der Waals surface area contributed by atoms with Gasteiger partial charge in [0.2, 0.25) is 0 Å². The average molecular weight is 368 g/mol. The number of nitrogens with zero attached hydrogens (tertiary/aromatic N) is 2. The Bertz CT molecular complexity index is 778. The normalized spacial score (nSPS) is 17.5. The standard InChI is InChI=1S/C15H14ClN3O2S2/c1-8-18-11(12(23-8)9-3-2-4-10(16)7-9)14(21)19-5-6-22-15(19)13(17)20/h2-4,7,15H,5-6H2,1H3,(H2,17,20). The first-order valence-electron chi connectivity index (χ1n) is 6.92. The minimum Gasteiger partial charge on any atom is -0.367 e. The molecule has 0 aliphatic carbocycles. The summed E-state index contributed by atoms with van der Waals surface area (Å²) in [6.45, 7) is 2.34. The SMILES string of the molecule is Cc1nc(C(=O)N2CCSC2C(N)=O)c(-c2cccc(Cl)c2)s1. The van der Waals surface area contributed by atoms with Crippen molar-refractivity contribution >= 4 is 46.5 Å². The first kappa shape index (κ1) is 16.3. The van der Waals surface area contributed by atoms with Crippen molar-refractivity contribution in [2.45, 2.75) is 12.3 Å². The van der Waals surface area contributed by atoms with Crippen LogP contribution in [-0.2, 0) is 4.79 Å². The van der Waals surface area contributed by atoms with E-state index in [1.807, 2.05) is 19.1 Å². The van der Waals surface area contributed by atoms with E-state index in [0.717, 1.165) is 15.4 Å². The number of halogens is 1. The monoisotopic (exact) mass is 367 g/mol. The molecule has 5 nitrogen and oxygen atoms in total. The summed E-state index contributed by atoms with van der Waals surface area (Å²) < 4.78 is 0. The first-order valence-corrected chi connectivity index (χ1v) is 9.17. The lowest BCUT2D eigenvalue weighted by atomic mass is 10.1. The number of hydrogen-bond donors (Lipinski definition) is 1. The molecule has 2 aromatic rings. The maximum absolute atomic E-state index is 12.9. The fourth-order valence-electron chi connectivity index (χ4n) is 2.45. The van der Waals surface area contributed by atoms with Gasteiger partial charge in [-0.15, -0.1) is 23.1 Å². The van der Waals surface area contributed by atoms with Crippen LogP contribution >= 0.6 is 34.7 Å². The molecule has 8 heteroatoms. The van der Waals surface area contributed by atoms with E-state index in [4.69, 9.17) is 17.3 Å². The fraction of sp³-hybridized carbons (Fsp3) is 0.267. The number of aryl methyl sites for hydroxylation is 1. The van der Waals surface area contributed by atoms with Crippen LogP contribution in [0.1, 0.15) is 15.5 Å². The Hall–Kier alpha value is -1.57. The van der Waals surface area contributed by atoms with Crippen LogP contribution in [0.2, 0.25) is 5.02 Å². The number of benzene rings is 1. The van der Waals surface area contributed by atoms with Gasteiger partial charge in [0.25, 0.3) is 11.8 Å². The van der Waals surface area contributed by atoms with Crippen molar-refractivity contribution < 1.29 is 9.59 Å². The van der Waals surface area contributed by atoms with Gasteiger partial charge in [0.1, 0.15) is 5.69 Å². The number of carbonyl (C=O) groups is 2. The Kier molecular flexibility index (Phi) is 4.61. The molecule has 0 saturated carbocycles. The number of hydrogen-bond acceptors (Lipinski definition) is 5. The third-order valence-electron chi connectivity index (χ3n) is 3.42. The highest BCUT2D eigenvalue weighted by Gasteiger charge is 2.36. The van der Waals surface area contributed by atoms with Crippen molar-refractivity contribution in [2.24, 2.45) is 5.73 Å². The second-order valence-electron chi connectivity index (χ2n) is 5.05. The van der Waals surface area contributed by atoms with E-state index in [0.29, 0.717) is 23.0 Å². The Morgan fingerprint density at radius 3 is 2.91 bits per heavy atom. The lowest BCUT2D eigenvalue weighted by molar-refractivity contribution is -0.119. The molecule has 1 aliphatic rings. The average Bonchev–Trinajstić information content (AvgIpc) is 3.13. The van der Waals surface area contributed by atoms with Crippen LogP contribution in [0, 0.1) is 6.92 Å². The molecule has 0 bridgehead atoms. The van der Waals surface area contributed by atoms with Gasteiger partial charge in [-0.05, 0) is 24.6 Å². The molecule has 3 rings (SSSR count). The van der Waals surface area contributed by atoms with Crippen LogP contribution in [0.4, 0.5) is 0 Å². The van der Waals surface area contributed by atoms with Gasteiger partial charge in [-0.2, -0.15) is 0 Å². The van der Waals surface area contributed by atoms with Gasteiger partial charge >= 0.3 is 0 Å². The molecule has 2 amide bonds. The van der Waals surface area contributed by atoms with Crippen LogP contribution in [0.25, 0.3) is 10.4 Å². The van der Waals surface area contributed by atoms with Crippen molar-refractivity contribution in [1.82, 2.24) is 9.88 Å². The molecular weight excluding hydrogens is 354 g/mol. The molecule has 120 valence electrons. The Morgan fingerprint density at radius 1 is 1.43 bits per heavy atom. The molecule has 2 heterocycles. The number of aromatic nitrogens is 1. The molecule has 1 saturated heterocycles. The zero-order valence-electron chi connectivity index (χ0n) is 12.3. The summed E-state index contributed by atoms with van der Waals surface area (Å²) in [5.41, 5.74) is 6.58. The summed E-state index contributed by atoms with van der Waals surface area (Å²) in [7, 11) is 0. The van der Waals surface area contributed by atoms with Crippen LogP contribution < -0.4 is 5.73 Å². The number of amides is 2. The van der Waals surface area contributed by atoms with Crippen LogP contribution in [0.15, 0.2) is 24.3 Å². The zero-order valence-corrected chi connectivity index (χ0v) is 14.7. The Balaban J connectivity index is 2.00. The molecule has 23 heavy (non-hydrogen) atoms. The molecule has 1 aromatic heterocycles. The smallest absolute Gasteiger partial charge is 0.275 e. The third-order valence-corrected chi connectivity index (χ3v) is 5.89. The van der Waals surface area contributed by atoms with Gasteiger partial charge in [-0.1, -0.05) is 23.7 Å². The van der Waals surface area contributed by atoms with E-state index >= 15 is 0 Å². The molecule has 1 aliphatic heterocycles. The highest BCUT2D eigenvalue weighted by Crippen LogP contribution is 2.34. The van der Waals surface area contributed by atoms with Crippen LogP contribution in [-0.4, -0.2) is 39.4 Å². The molecule has 1 fully saturated rings. The van der Waals surface area contributed by atoms with E-state index in [1.165, 1.54) is 28.0 Å². The predicted octanol–water partition coefficient (Wildman–Crippen LogP) is 2.77. The lowest BCUT2D eigenvalue weighted by Crippen LogP contribution is -2.42. The number of primary amides is 1. The fourth-order valence-corrected chi connectivity index (χ4v) is 4.61. The van der Waals surface area contributed by atoms with Crippen molar-refractivity contribution in [3.8, 4) is 10.4 Å². The molecular formula is C15H14ClN3O2S2. The Labute approximate surface area is 146 Å². The molecule has 0 radical (unpaired) electrons. The quantitative estimate of drug-likeness (QED) is 0.904. The van der Waals surface area contributed by atoms with Crippen molar-refractivity contribution in [3.05, 3.63) is 40.0 Å². The van der Waals surface area contributed by atoms with Gasteiger partial charge in [0, 0.05) is 17.3 Å².